The summed E-state index contributed by atoms with van der Waals surface area (Å²) in [7, 11) is 3.17. The van der Waals surface area contributed by atoms with E-state index < -0.39 is 0 Å². The molecule has 1 aromatic carbocycles. The molecule has 16 heavy (non-hydrogen) atoms. The SMILES string of the molecule is COc1ccc(CC(CO)CO)cc1OC. The highest BCUT2D eigenvalue weighted by molar-refractivity contribution is 5.42. The molecule has 4 heteroatoms. The summed E-state index contributed by atoms with van der Waals surface area (Å²) in [5.41, 5.74) is 1.01. The molecule has 0 saturated heterocycles. The van der Waals surface area contributed by atoms with Gasteiger partial charge in [-0.15, -0.1) is 0 Å². The van der Waals surface area contributed by atoms with Crippen molar-refractivity contribution in [2.45, 2.75) is 6.42 Å². The quantitative estimate of drug-likeness (QED) is 0.755. The Morgan fingerprint density at radius 1 is 1.06 bits per heavy atom. The van der Waals surface area contributed by atoms with Gasteiger partial charge in [0.15, 0.2) is 11.5 Å². The van der Waals surface area contributed by atoms with Crippen molar-refractivity contribution in [1.29, 1.82) is 0 Å². The molecule has 0 heterocycles. The Morgan fingerprint density at radius 3 is 2.19 bits per heavy atom. The molecule has 0 aromatic heterocycles. The summed E-state index contributed by atoms with van der Waals surface area (Å²) in [6, 6.07) is 5.58. The monoisotopic (exact) mass is 226 g/mol. The molecule has 0 saturated carbocycles. The number of methoxy groups -OCH3 is 2. The van der Waals surface area contributed by atoms with E-state index in [1.165, 1.54) is 0 Å². The van der Waals surface area contributed by atoms with Gasteiger partial charge in [-0.05, 0) is 24.1 Å². The Morgan fingerprint density at radius 2 is 1.69 bits per heavy atom. The fourth-order valence-corrected chi connectivity index (χ4v) is 1.53. The summed E-state index contributed by atoms with van der Waals surface area (Å²) in [6.07, 6.45) is 0.618. The van der Waals surface area contributed by atoms with Crippen LogP contribution in [0.3, 0.4) is 0 Å². The minimum atomic E-state index is -0.127. The molecular formula is C12H18O4. The predicted octanol–water partition coefficient (Wildman–Crippen LogP) is 0.847. The van der Waals surface area contributed by atoms with Crippen molar-refractivity contribution < 1.29 is 19.7 Å². The molecule has 0 unspecified atom stereocenters. The number of aliphatic hydroxyl groups excluding tert-OH is 2. The molecule has 2 N–H and O–H groups in total. The van der Waals surface area contributed by atoms with Crippen molar-refractivity contribution in [1.82, 2.24) is 0 Å². The lowest BCUT2D eigenvalue weighted by Gasteiger charge is -2.13. The zero-order valence-corrected chi connectivity index (χ0v) is 9.64. The second-order valence-corrected chi connectivity index (χ2v) is 3.62. The molecular weight excluding hydrogens is 208 g/mol. The first-order valence-electron chi connectivity index (χ1n) is 5.17. The van der Waals surface area contributed by atoms with Gasteiger partial charge in [0.25, 0.3) is 0 Å². The van der Waals surface area contributed by atoms with Gasteiger partial charge in [-0.2, -0.15) is 0 Å². The van der Waals surface area contributed by atoms with Gasteiger partial charge >= 0.3 is 0 Å². The third kappa shape index (κ3) is 3.12. The first kappa shape index (κ1) is 12.8. The Balaban J connectivity index is 2.82. The first-order valence-corrected chi connectivity index (χ1v) is 5.17. The van der Waals surface area contributed by atoms with E-state index in [9.17, 15) is 0 Å². The van der Waals surface area contributed by atoms with Crippen LogP contribution in [0.25, 0.3) is 0 Å². The zero-order valence-electron chi connectivity index (χ0n) is 9.64. The van der Waals surface area contributed by atoms with E-state index in [4.69, 9.17) is 19.7 Å². The zero-order chi connectivity index (χ0) is 12.0. The van der Waals surface area contributed by atoms with E-state index in [1.807, 2.05) is 18.2 Å². The first-order chi connectivity index (χ1) is 7.74. The highest BCUT2D eigenvalue weighted by Gasteiger charge is 2.10. The summed E-state index contributed by atoms with van der Waals surface area (Å²) in [5, 5.41) is 18.0. The van der Waals surface area contributed by atoms with Crippen LogP contribution in [0.15, 0.2) is 18.2 Å². The largest absolute Gasteiger partial charge is 0.493 e. The average molecular weight is 226 g/mol. The normalized spacial score (nSPS) is 10.6. The summed E-state index contributed by atoms with van der Waals surface area (Å²) in [5.74, 6) is 1.21. The molecule has 0 aliphatic heterocycles. The van der Waals surface area contributed by atoms with Crippen LogP contribution in [0, 0.1) is 5.92 Å². The average Bonchev–Trinajstić information content (AvgIpc) is 2.35. The van der Waals surface area contributed by atoms with Crippen molar-refractivity contribution >= 4 is 0 Å². The van der Waals surface area contributed by atoms with Crippen LogP contribution in [-0.2, 0) is 6.42 Å². The molecule has 0 spiro atoms. The molecule has 0 fully saturated rings. The molecule has 0 bridgehead atoms. The molecule has 1 aromatic rings. The number of hydrogen-bond donors (Lipinski definition) is 2. The van der Waals surface area contributed by atoms with Gasteiger partial charge in [-0.1, -0.05) is 6.07 Å². The molecule has 1 rings (SSSR count). The number of benzene rings is 1. The standard InChI is InChI=1S/C12H18O4/c1-15-11-4-3-9(6-12(11)16-2)5-10(7-13)8-14/h3-4,6,10,13-14H,5,7-8H2,1-2H3. The minimum Gasteiger partial charge on any atom is -0.493 e. The van der Waals surface area contributed by atoms with Crippen molar-refractivity contribution in [2.24, 2.45) is 5.92 Å². The number of aliphatic hydroxyl groups is 2. The Labute approximate surface area is 95.4 Å². The number of ether oxygens (including phenoxy) is 2. The molecule has 0 amide bonds. The van der Waals surface area contributed by atoms with Gasteiger partial charge < -0.3 is 19.7 Å². The molecule has 0 radical (unpaired) electrons. The van der Waals surface area contributed by atoms with Crippen LogP contribution in [0.4, 0.5) is 0 Å². The summed E-state index contributed by atoms with van der Waals surface area (Å²) >= 11 is 0. The lowest BCUT2D eigenvalue weighted by Crippen LogP contribution is -2.14. The third-order valence-electron chi connectivity index (χ3n) is 2.49. The van der Waals surface area contributed by atoms with Crippen LogP contribution in [0.5, 0.6) is 11.5 Å². The van der Waals surface area contributed by atoms with Gasteiger partial charge in [0.2, 0.25) is 0 Å². The molecule has 0 aliphatic carbocycles. The second-order valence-electron chi connectivity index (χ2n) is 3.62. The Kier molecular flexibility index (Phi) is 5.08. The van der Waals surface area contributed by atoms with Crippen molar-refractivity contribution in [2.75, 3.05) is 27.4 Å². The fourth-order valence-electron chi connectivity index (χ4n) is 1.53. The summed E-state index contributed by atoms with van der Waals surface area (Å²) in [4.78, 5) is 0. The van der Waals surface area contributed by atoms with Crippen LogP contribution in [0.1, 0.15) is 5.56 Å². The van der Waals surface area contributed by atoms with E-state index in [0.29, 0.717) is 17.9 Å². The maximum Gasteiger partial charge on any atom is 0.160 e. The van der Waals surface area contributed by atoms with E-state index in [1.54, 1.807) is 14.2 Å². The van der Waals surface area contributed by atoms with Crippen LogP contribution < -0.4 is 9.47 Å². The molecule has 4 nitrogen and oxygen atoms in total. The molecule has 0 aliphatic rings. The van der Waals surface area contributed by atoms with Gasteiger partial charge in [-0.3, -0.25) is 0 Å². The minimum absolute atomic E-state index is 0.0230. The van der Waals surface area contributed by atoms with Crippen LogP contribution in [0.2, 0.25) is 0 Å². The van der Waals surface area contributed by atoms with E-state index in [-0.39, 0.29) is 19.1 Å². The summed E-state index contributed by atoms with van der Waals surface area (Å²) < 4.78 is 10.3. The maximum absolute atomic E-state index is 9.00. The van der Waals surface area contributed by atoms with Gasteiger partial charge in [0.1, 0.15) is 0 Å². The smallest absolute Gasteiger partial charge is 0.160 e. The van der Waals surface area contributed by atoms with Gasteiger partial charge in [0, 0.05) is 19.1 Å². The van der Waals surface area contributed by atoms with Gasteiger partial charge in [0.05, 0.1) is 14.2 Å². The Hall–Kier alpha value is -1.26. The highest BCUT2D eigenvalue weighted by Crippen LogP contribution is 2.28. The Bertz CT molecular complexity index is 321. The summed E-state index contributed by atoms with van der Waals surface area (Å²) in [6.45, 7) is -0.0459. The predicted molar refractivity (Wildman–Crippen MR) is 60.9 cm³/mol. The van der Waals surface area contributed by atoms with Crippen molar-refractivity contribution in [3.05, 3.63) is 23.8 Å². The topological polar surface area (TPSA) is 58.9 Å². The van der Waals surface area contributed by atoms with Crippen LogP contribution >= 0.6 is 0 Å². The van der Waals surface area contributed by atoms with E-state index in [2.05, 4.69) is 0 Å². The van der Waals surface area contributed by atoms with E-state index in [0.717, 1.165) is 5.56 Å². The number of rotatable bonds is 6. The van der Waals surface area contributed by atoms with Crippen LogP contribution in [-0.4, -0.2) is 37.6 Å². The molecule has 90 valence electrons. The highest BCUT2D eigenvalue weighted by atomic mass is 16.5. The lowest BCUT2D eigenvalue weighted by atomic mass is 10.0. The fraction of sp³-hybridized carbons (Fsp3) is 0.500. The van der Waals surface area contributed by atoms with Crippen molar-refractivity contribution in [3.63, 3.8) is 0 Å². The maximum atomic E-state index is 9.00. The van der Waals surface area contributed by atoms with Gasteiger partial charge in [-0.25, -0.2) is 0 Å². The second kappa shape index (κ2) is 6.35. The number of hydrogen-bond acceptors (Lipinski definition) is 4. The van der Waals surface area contributed by atoms with Crippen molar-refractivity contribution in [3.8, 4) is 11.5 Å². The lowest BCUT2D eigenvalue weighted by molar-refractivity contribution is 0.150. The van der Waals surface area contributed by atoms with E-state index >= 15 is 0 Å². The third-order valence-corrected chi connectivity index (χ3v) is 2.49. The molecule has 0 atom stereocenters.